The van der Waals surface area contributed by atoms with E-state index in [0.717, 1.165) is 24.8 Å². The first-order valence-electron chi connectivity index (χ1n) is 8.25. The number of halogens is 2. The van der Waals surface area contributed by atoms with Crippen molar-refractivity contribution in [2.24, 2.45) is 4.99 Å². The van der Waals surface area contributed by atoms with Crippen LogP contribution in [0.1, 0.15) is 23.7 Å². The van der Waals surface area contributed by atoms with Crippen LogP contribution in [0.4, 0.5) is 0 Å². The molecule has 2 N–H and O–H groups in total. The van der Waals surface area contributed by atoms with Crippen LogP contribution in [-0.4, -0.2) is 61.0 Å². The van der Waals surface area contributed by atoms with Gasteiger partial charge in [0.05, 0.1) is 10.6 Å². The zero-order valence-electron chi connectivity index (χ0n) is 14.6. The molecule has 0 aliphatic carbocycles. The highest BCUT2D eigenvalue weighted by Gasteiger charge is 2.21. The highest BCUT2D eigenvalue weighted by Crippen LogP contribution is 2.20. The Bertz CT molecular complexity index is 588. The van der Waals surface area contributed by atoms with Crippen LogP contribution >= 0.6 is 47.3 Å². The van der Waals surface area contributed by atoms with Crippen LogP contribution in [0.25, 0.3) is 0 Å². The van der Waals surface area contributed by atoms with Crippen molar-refractivity contribution >= 4 is 59.2 Å². The third-order valence-electron chi connectivity index (χ3n) is 3.92. The Morgan fingerprint density at radius 2 is 2.08 bits per heavy atom. The first kappa shape index (κ1) is 22.4. The van der Waals surface area contributed by atoms with E-state index < -0.39 is 0 Å². The molecule has 1 unspecified atom stereocenters. The molecule has 140 valence electrons. The number of hydrogen-bond donors (Lipinski definition) is 2. The van der Waals surface area contributed by atoms with Gasteiger partial charge in [-0.25, -0.2) is 0 Å². The molecule has 0 saturated carbocycles. The quantitative estimate of drug-likeness (QED) is 0.285. The van der Waals surface area contributed by atoms with E-state index in [1.165, 1.54) is 6.42 Å². The Labute approximate surface area is 176 Å². The minimum absolute atomic E-state index is 0. The number of guanidine groups is 1. The van der Waals surface area contributed by atoms with Crippen LogP contribution < -0.4 is 10.6 Å². The molecule has 1 aromatic rings. The largest absolute Gasteiger partial charge is 0.354 e. The number of carbonyl (C=O) groups is 1. The second-order valence-electron chi connectivity index (χ2n) is 5.56. The van der Waals surface area contributed by atoms with Crippen molar-refractivity contribution in [1.82, 2.24) is 15.5 Å². The first-order chi connectivity index (χ1) is 11.7. The summed E-state index contributed by atoms with van der Waals surface area (Å²) in [6, 6.07) is 7.06. The molecule has 0 bridgehead atoms. The normalized spacial score (nSPS) is 17.6. The lowest BCUT2D eigenvalue weighted by Crippen LogP contribution is -2.49. The lowest BCUT2D eigenvalue weighted by Gasteiger charge is -2.34. The molecule has 1 aliphatic heterocycles. The molecule has 5 nitrogen and oxygen atoms in total. The summed E-state index contributed by atoms with van der Waals surface area (Å²) in [6.07, 6.45) is 1.17. The van der Waals surface area contributed by atoms with E-state index in [1.807, 2.05) is 17.8 Å². The predicted molar refractivity (Wildman–Crippen MR) is 119 cm³/mol. The summed E-state index contributed by atoms with van der Waals surface area (Å²) < 4.78 is 0. The van der Waals surface area contributed by atoms with Gasteiger partial charge in [0, 0.05) is 44.2 Å². The van der Waals surface area contributed by atoms with Crippen LogP contribution in [-0.2, 0) is 0 Å². The van der Waals surface area contributed by atoms with Gasteiger partial charge in [0.15, 0.2) is 5.96 Å². The summed E-state index contributed by atoms with van der Waals surface area (Å²) in [5.41, 5.74) is 0.502. The maximum Gasteiger partial charge on any atom is 0.252 e. The number of carbonyl (C=O) groups excluding carboxylic acids is 1. The highest BCUT2D eigenvalue weighted by atomic mass is 127. The average Bonchev–Trinajstić information content (AvgIpc) is 2.62. The van der Waals surface area contributed by atoms with Crippen LogP contribution in [0, 0.1) is 0 Å². The Balaban J connectivity index is 0.00000312. The van der Waals surface area contributed by atoms with Gasteiger partial charge >= 0.3 is 0 Å². The van der Waals surface area contributed by atoms with Crippen LogP contribution in [0.5, 0.6) is 0 Å². The summed E-state index contributed by atoms with van der Waals surface area (Å²) >= 11 is 8.06. The van der Waals surface area contributed by atoms with E-state index in [0.29, 0.717) is 28.9 Å². The van der Waals surface area contributed by atoms with Gasteiger partial charge in [-0.1, -0.05) is 30.7 Å². The molecule has 1 amide bonds. The van der Waals surface area contributed by atoms with E-state index >= 15 is 0 Å². The van der Waals surface area contributed by atoms with Gasteiger partial charge in [-0.05, 0) is 18.6 Å². The van der Waals surface area contributed by atoms with E-state index in [9.17, 15) is 4.79 Å². The number of benzene rings is 1. The maximum absolute atomic E-state index is 12.1. The van der Waals surface area contributed by atoms with Gasteiger partial charge in [0.25, 0.3) is 5.91 Å². The van der Waals surface area contributed by atoms with Gasteiger partial charge in [-0.3, -0.25) is 9.79 Å². The summed E-state index contributed by atoms with van der Waals surface area (Å²) in [7, 11) is 1.80. The van der Waals surface area contributed by atoms with Gasteiger partial charge in [-0.15, -0.1) is 24.0 Å². The van der Waals surface area contributed by atoms with Gasteiger partial charge in [0.2, 0.25) is 0 Å². The average molecular weight is 497 g/mol. The van der Waals surface area contributed by atoms with E-state index in [-0.39, 0.29) is 29.9 Å². The van der Waals surface area contributed by atoms with Gasteiger partial charge in [-0.2, -0.15) is 11.8 Å². The third-order valence-corrected chi connectivity index (χ3v) is 5.62. The van der Waals surface area contributed by atoms with E-state index in [2.05, 4.69) is 27.4 Å². The topological polar surface area (TPSA) is 56.7 Å². The number of aliphatic imine (C=N–C) groups is 1. The number of amides is 1. The van der Waals surface area contributed by atoms with Crippen LogP contribution in [0.2, 0.25) is 5.02 Å². The first-order valence-corrected chi connectivity index (χ1v) is 9.68. The zero-order chi connectivity index (χ0) is 17.4. The van der Waals surface area contributed by atoms with Gasteiger partial charge < -0.3 is 15.5 Å². The summed E-state index contributed by atoms with van der Waals surface area (Å²) in [4.78, 5) is 18.7. The van der Waals surface area contributed by atoms with Crippen molar-refractivity contribution in [2.45, 2.75) is 18.6 Å². The minimum Gasteiger partial charge on any atom is -0.354 e. The fourth-order valence-electron chi connectivity index (χ4n) is 2.58. The summed E-state index contributed by atoms with van der Waals surface area (Å²) in [5, 5.41) is 7.33. The van der Waals surface area contributed by atoms with E-state index in [1.54, 1.807) is 25.2 Å². The van der Waals surface area contributed by atoms with Crippen molar-refractivity contribution in [3.05, 3.63) is 34.9 Å². The Morgan fingerprint density at radius 3 is 2.76 bits per heavy atom. The zero-order valence-corrected chi connectivity index (χ0v) is 18.5. The summed E-state index contributed by atoms with van der Waals surface area (Å²) in [6.45, 7) is 5.40. The molecule has 1 heterocycles. The predicted octanol–water partition coefficient (Wildman–Crippen LogP) is 3.09. The summed E-state index contributed by atoms with van der Waals surface area (Å²) in [5.74, 6) is 1.88. The lowest BCUT2D eigenvalue weighted by molar-refractivity contribution is 0.0954. The smallest absolute Gasteiger partial charge is 0.252 e. The molecule has 1 aliphatic rings. The Morgan fingerprint density at radius 1 is 1.36 bits per heavy atom. The molecule has 25 heavy (non-hydrogen) atoms. The number of nitrogens with zero attached hydrogens (tertiary/aromatic N) is 2. The molecule has 2 rings (SSSR count). The fourth-order valence-corrected chi connectivity index (χ4v) is 3.98. The van der Waals surface area contributed by atoms with E-state index in [4.69, 9.17) is 11.6 Å². The number of hydrogen-bond acceptors (Lipinski definition) is 3. The molecule has 1 atom stereocenters. The maximum atomic E-state index is 12.1. The Kier molecular flexibility index (Phi) is 10.6. The molecule has 0 radical (unpaired) electrons. The van der Waals surface area contributed by atoms with Crippen molar-refractivity contribution in [2.75, 3.05) is 39.0 Å². The number of rotatable bonds is 5. The minimum atomic E-state index is -0.155. The fraction of sp³-hybridized carbons (Fsp3) is 0.529. The SMILES string of the molecule is CCC1CN(C(=NC)NCCNC(=O)c2ccccc2Cl)CCS1.I. The van der Waals surface area contributed by atoms with Gasteiger partial charge in [0.1, 0.15) is 0 Å². The van der Waals surface area contributed by atoms with Crippen molar-refractivity contribution in [1.29, 1.82) is 0 Å². The van der Waals surface area contributed by atoms with Crippen molar-refractivity contribution in [3.63, 3.8) is 0 Å². The standard InChI is InChI=1S/C17H25ClN4OS.HI/c1-3-13-12-22(10-11-24-13)17(19-2)21-9-8-20-16(23)14-6-4-5-7-15(14)18;/h4-7,13H,3,8-12H2,1-2H3,(H,19,21)(H,20,23);1H. The Hall–Kier alpha value is -0.670. The molecule has 0 aromatic heterocycles. The second kappa shape index (κ2) is 11.9. The molecule has 0 spiro atoms. The highest BCUT2D eigenvalue weighted by molar-refractivity contribution is 14.0. The van der Waals surface area contributed by atoms with Crippen molar-refractivity contribution in [3.8, 4) is 0 Å². The molecule has 1 aromatic carbocycles. The van der Waals surface area contributed by atoms with Crippen LogP contribution in [0.3, 0.4) is 0 Å². The molecule has 1 fully saturated rings. The molecular formula is C17H26ClIN4OS. The molecular weight excluding hydrogens is 471 g/mol. The third kappa shape index (κ3) is 6.86. The molecule has 1 saturated heterocycles. The monoisotopic (exact) mass is 496 g/mol. The molecule has 8 heteroatoms. The van der Waals surface area contributed by atoms with Crippen LogP contribution in [0.15, 0.2) is 29.3 Å². The number of nitrogens with one attached hydrogen (secondary N) is 2. The number of thioether (sulfide) groups is 1. The van der Waals surface area contributed by atoms with Crippen molar-refractivity contribution < 1.29 is 4.79 Å². The lowest BCUT2D eigenvalue weighted by atomic mass is 10.2. The second-order valence-corrected chi connectivity index (χ2v) is 7.37.